The van der Waals surface area contributed by atoms with E-state index in [1.807, 2.05) is 6.07 Å². The Hall–Kier alpha value is -1.48. The van der Waals surface area contributed by atoms with Crippen molar-refractivity contribution in [2.45, 2.75) is 44.6 Å². The molecule has 7 nitrogen and oxygen atoms in total. The van der Waals surface area contributed by atoms with Crippen molar-refractivity contribution in [3.8, 4) is 0 Å². The van der Waals surface area contributed by atoms with Crippen molar-refractivity contribution in [2.24, 2.45) is 0 Å². The van der Waals surface area contributed by atoms with Crippen LogP contribution in [-0.4, -0.2) is 68.0 Å². The number of carbonyl (C=O) groups is 1. The first-order valence-corrected chi connectivity index (χ1v) is 11.1. The van der Waals surface area contributed by atoms with Crippen LogP contribution in [0.15, 0.2) is 30.3 Å². The fourth-order valence-corrected chi connectivity index (χ4v) is 5.14. The van der Waals surface area contributed by atoms with Gasteiger partial charge in [-0.3, -0.25) is 4.79 Å². The summed E-state index contributed by atoms with van der Waals surface area (Å²) in [5.41, 5.74) is 1.37. The first-order chi connectivity index (χ1) is 13.0. The molecule has 152 valence electrons. The Morgan fingerprint density at radius 2 is 1.63 bits per heavy atom. The molecule has 0 amide bonds. The Morgan fingerprint density at radius 3 is 2.22 bits per heavy atom. The molecule has 0 atom stereocenters. The molecule has 0 spiro atoms. The molecule has 8 heteroatoms. The van der Waals surface area contributed by atoms with Gasteiger partial charge >= 0.3 is 0 Å². The van der Waals surface area contributed by atoms with Crippen molar-refractivity contribution >= 4 is 16.7 Å². The van der Waals surface area contributed by atoms with Gasteiger partial charge in [0.15, 0.2) is 0 Å². The van der Waals surface area contributed by atoms with Crippen LogP contribution in [0.4, 0.5) is 0 Å². The van der Waals surface area contributed by atoms with Crippen molar-refractivity contribution in [3.05, 3.63) is 35.9 Å². The summed E-state index contributed by atoms with van der Waals surface area (Å²) in [6, 6.07) is 10.6. The SMILES string of the molecule is O=CO.O=S(=O)(NC1CCN(CCc2ccccc2)CC1)N1CCCCC1. The molecule has 2 fully saturated rings. The van der Waals surface area contributed by atoms with E-state index in [1.54, 1.807) is 4.31 Å². The van der Waals surface area contributed by atoms with E-state index in [-0.39, 0.29) is 12.5 Å². The number of carboxylic acid groups (broad SMARTS) is 1. The summed E-state index contributed by atoms with van der Waals surface area (Å²) >= 11 is 0. The zero-order valence-corrected chi connectivity index (χ0v) is 16.6. The lowest BCUT2D eigenvalue weighted by Gasteiger charge is -2.34. The predicted octanol–water partition coefficient (Wildman–Crippen LogP) is 1.71. The molecule has 0 saturated carbocycles. The molecule has 1 aromatic rings. The van der Waals surface area contributed by atoms with Crippen molar-refractivity contribution in [2.75, 3.05) is 32.7 Å². The van der Waals surface area contributed by atoms with Crippen LogP contribution in [0.1, 0.15) is 37.7 Å². The van der Waals surface area contributed by atoms with Gasteiger partial charge in [0.1, 0.15) is 0 Å². The summed E-state index contributed by atoms with van der Waals surface area (Å²) in [5.74, 6) is 0. The van der Waals surface area contributed by atoms with Crippen LogP contribution in [0.2, 0.25) is 0 Å². The maximum atomic E-state index is 12.4. The molecule has 2 aliphatic heterocycles. The highest BCUT2D eigenvalue weighted by molar-refractivity contribution is 7.87. The van der Waals surface area contributed by atoms with Gasteiger partial charge in [0, 0.05) is 25.7 Å². The quantitative estimate of drug-likeness (QED) is 0.714. The molecule has 0 aliphatic carbocycles. The summed E-state index contributed by atoms with van der Waals surface area (Å²) in [6.45, 7) is 4.09. The average molecular weight is 398 g/mol. The predicted molar refractivity (Wildman–Crippen MR) is 106 cm³/mol. The standard InChI is InChI=1S/C18H29N3O2S.CH2O2/c22-24(23,21-12-5-2-6-13-21)19-18-10-15-20(16-11-18)14-9-17-7-3-1-4-8-17;2-1-3/h1,3-4,7-8,18-19H,2,5-6,9-16H2;1H,(H,2,3). The average Bonchev–Trinajstić information content (AvgIpc) is 2.69. The zero-order valence-electron chi connectivity index (χ0n) is 15.8. The van der Waals surface area contributed by atoms with Gasteiger partial charge in [0.05, 0.1) is 0 Å². The van der Waals surface area contributed by atoms with Gasteiger partial charge in [-0.25, -0.2) is 0 Å². The summed E-state index contributed by atoms with van der Waals surface area (Å²) < 4.78 is 29.4. The maximum Gasteiger partial charge on any atom is 0.290 e. The van der Waals surface area contributed by atoms with E-state index < -0.39 is 10.2 Å². The second kappa shape index (κ2) is 11.4. The van der Waals surface area contributed by atoms with Gasteiger partial charge in [-0.1, -0.05) is 36.8 Å². The van der Waals surface area contributed by atoms with Crippen LogP contribution in [-0.2, 0) is 21.4 Å². The third kappa shape index (κ3) is 7.57. The summed E-state index contributed by atoms with van der Waals surface area (Å²) in [6.07, 6.45) is 5.98. The summed E-state index contributed by atoms with van der Waals surface area (Å²) in [5, 5.41) is 6.89. The highest BCUT2D eigenvalue weighted by Gasteiger charge is 2.28. The molecule has 3 rings (SSSR count). The van der Waals surface area contributed by atoms with Crippen LogP contribution in [0.25, 0.3) is 0 Å². The third-order valence-electron chi connectivity index (χ3n) is 5.12. The van der Waals surface area contributed by atoms with Crippen molar-refractivity contribution < 1.29 is 18.3 Å². The highest BCUT2D eigenvalue weighted by Crippen LogP contribution is 2.16. The summed E-state index contributed by atoms with van der Waals surface area (Å²) in [4.78, 5) is 10.8. The normalized spacial score (nSPS) is 19.9. The van der Waals surface area contributed by atoms with Gasteiger partial charge in [-0.05, 0) is 50.8 Å². The number of nitrogens with one attached hydrogen (secondary N) is 1. The second-order valence-corrected chi connectivity index (χ2v) is 8.74. The molecular formula is C19H31N3O4S. The van der Waals surface area contributed by atoms with E-state index >= 15 is 0 Å². The first-order valence-electron chi connectivity index (χ1n) is 9.66. The van der Waals surface area contributed by atoms with Gasteiger partial charge in [-0.15, -0.1) is 0 Å². The van der Waals surface area contributed by atoms with Crippen molar-refractivity contribution in [3.63, 3.8) is 0 Å². The molecule has 2 saturated heterocycles. The first kappa shape index (κ1) is 21.8. The minimum absolute atomic E-state index is 0.0879. The Morgan fingerprint density at radius 1 is 1.04 bits per heavy atom. The number of benzene rings is 1. The Bertz CT molecular complexity index is 640. The lowest BCUT2D eigenvalue weighted by Crippen LogP contribution is -2.50. The minimum atomic E-state index is -3.29. The number of hydrogen-bond acceptors (Lipinski definition) is 4. The van der Waals surface area contributed by atoms with Crippen LogP contribution in [0.5, 0.6) is 0 Å². The third-order valence-corrected chi connectivity index (χ3v) is 6.79. The molecule has 0 bridgehead atoms. The molecule has 2 heterocycles. The number of hydrogen-bond donors (Lipinski definition) is 2. The molecular weight excluding hydrogens is 366 g/mol. The maximum absolute atomic E-state index is 12.4. The Kier molecular flexibility index (Phi) is 9.20. The topological polar surface area (TPSA) is 89.9 Å². The lowest BCUT2D eigenvalue weighted by molar-refractivity contribution is -0.122. The van der Waals surface area contributed by atoms with Crippen molar-refractivity contribution in [1.82, 2.24) is 13.9 Å². The minimum Gasteiger partial charge on any atom is -0.483 e. The van der Waals surface area contributed by atoms with E-state index in [4.69, 9.17) is 9.90 Å². The van der Waals surface area contributed by atoms with Gasteiger partial charge < -0.3 is 10.0 Å². The Balaban J connectivity index is 0.000000817. The fraction of sp³-hybridized carbons (Fsp3) is 0.632. The molecule has 1 aromatic carbocycles. The highest BCUT2D eigenvalue weighted by atomic mass is 32.2. The zero-order chi connectivity index (χ0) is 19.5. The van der Waals surface area contributed by atoms with Gasteiger partial charge in [0.2, 0.25) is 0 Å². The fourth-order valence-electron chi connectivity index (χ4n) is 3.60. The number of likely N-dealkylation sites (tertiary alicyclic amines) is 1. The molecule has 0 radical (unpaired) electrons. The van der Waals surface area contributed by atoms with E-state index in [0.29, 0.717) is 13.1 Å². The number of nitrogens with zero attached hydrogens (tertiary/aromatic N) is 2. The molecule has 27 heavy (non-hydrogen) atoms. The van der Waals surface area contributed by atoms with Crippen LogP contribution in [0.3, 0.4) is 0 Å². The van der Waals surface area contributed by atoms with E-state index in [9.17, 15) is 8.42 Å². The van der Waals surface area contributed by atoms with Crippen LogP contribution in [0, 0.1) is 0 Å². The van der Waals surface area contributed by atoms with Gasteiger partial charge in [-0.2, -0.15) is 17.4 Å². The smallest absolute Gasteiger partial charge is 0.290 e. The molecule has 2 aliphatic rings. The number of piperidine rings is 2. The van der Waals surface area contributed by atoms with Gasteiger partial charge in [0.25, 0.3) is 16.7 Å². The molecule has 0 unspecified atom stereocenters. The second-order valence-electron chi connectivity index (χ2n) is 7.04. The van der Waals surface area contributed by atoms with Crippen molar-refractivity contribution in [1.29, 1.82) is 0 Å². The van der Waals surface area contributed by atoms with Crippen LogP contribution >= 0.6 is 0 Å². The van der Waals surface area contributed by atoms with Crippen LogP contribution < -0.4 is 4.72 Å². The Labute approximate surface area is 162 Å². The summed E-state index contributed by atoms with van der Waals surface area (Å²) in [7, 11) is -3.29. The van der Waals surface area contributed by atoms with E-state index in [0.717, 1.165) is 58.2 Å². The number of rotatable bonds is 6. The molecule has 2 N–H and O–H groups in total. The van der Waals surface area contributed by atoms with E-state index in [2.05, 4.69) is 33.9 Å². The molecule has 0 aromatic heterocycles. The lowest BCUT2D eigenvalue weighted by atomic mass is 10.1. The monoisotopic (exact) mass is 397 g/mol. The van der Waals surface area contributed by atoms with E-state index in [1.165, 1.54) is 5.56 Å². The largest absolute Gasteiger partial charge is 0.483 e.